The molecule has 25 heavy (non-hydrogen) atoms. The van der Waals surface area contributed by atoms with Gasteiger partial charge in [-0.3, -0.25) is 9.69 Å². The van der Waals surface area contributed by atoms with Gasteiger partial charge < -0.3 is 4.90 Å². The number of benzene rings is 1. The highest BCUT2D eigenvalue weighted by Crippen LogP contribution is 2.21. The van der Waals surface area contributed by atoms with Crippen LogP contribution >= 0.6 is 24.8 Å². The zero-order valence-electron chi connectivity index (χ0n) is 14.7. The molecule has 0 N–H and O–H groups in total. The molecule has 2 aliphatic heterocycles. The van der Waals surface area contributed by atoms with Crippen LogP contribution in [0.2, 0.25) is 0 Å². The molecule has 1 unspecified atom stereocenters. The van der Waals surface area contributed by atoms with Gasteiger partial charge in [-0.05, 0) is 56.6 Å². The predicted octanol–water partition coefficient (Wildman–Crippen LogP) is 4.19. The van der Waals surface area contributed by atoms with E-state index in [1.165, 1.54) is 50.9 Å². The van der Waals surface area contributed by atoms with E-state index >= 15 is 0 Å². The van der Waals surface area contributed by atoms with Gasteiger partial charge in [-0.2, -0.15) is 0 Å². The van der Waals surface area contributed by atoms with Gasteiger partial charge in [0.2, 0.25) is 0 Å². The molecule has 1 atom stereocenters. The first-order valence-electron chi connectivity index (χ1n) is 8.97. The van der Waals surface area contributed by atoms with Crippen molar-refractivity contribution in [3.8, 4) is 0 Å². The zero-order chi connectivity index (χ0) is 16.1. The van der Waals surface area contributed by atoms with E-state index in [2.05, 4.69) is 9.80 Å². The number of rotatable bonds is 5. The number of piperazine rings is 1. The van der Waals surface area contributed by atoms with Gasteiger partial charge >= 0.3 is 0 Å². The van der Waals surface area contributed by atoms with Crippen LogP contribution in [-0.4, -0.2) is 54.3 Å². The molecule has 0 aromatic heterocycles. The van der Waals surface area contributed by atoms with E-state index in [4.69, 9.17) is 0 Å². The highest BCUT2D eigenvalue weighted by molar-refractivity contribution is 5.95. The lowest BCUT2D eigenvalue weighted by Gasteiger charge is -2.40. The SMILES string of the molecule is Cl.Cl.O=C(CCCN1CCN2CCCCCC2C1)c1ccc(F)cc1. The number of carbonyl (C=O) groups is 1. The normalized spacial score (nSPS) is 21.4. The van der Waals surface area contributed by atoms with Crippen LogP contribution < -0.4 is 0 Å². The monoisotopic (exact) mass is 390 g/mol. The summed E-state index contributed by atoms with van der Waals surface area (Å²) in [5.74, 6) is -0.166. The van der Waals surface area contributed by atoms with Crippen LogP contribution in [0, 0.1) is 5.82 Å². The first kappa shape index (κ1) is 22.4. The summed E-state index contributed by atoms with van der Waals surface area (Å²) in [4.78, 5) is 17.3. The second-order valence-corrected chi connectivity index (χ2v) is 6.87. The fourth-order valence-corrected chi connectivity index (χ4v) is 3.84. The molecule has 1 aromatic carbocycles. The average molecular weight is 391 g/mol. The quantitative estimate of drug-likeness (QED) is 0.704. The van der Waals surface area contributed by atoms with Gasteiger partial charge in [-0.25, -0.2) is 4.39 Å². The third-order valence-electron chi connectivity index (χ3n) is 5.22. The summed E-state index contributed by atoms with van der Waals surface area (Å²) in [6, 6.07) is 6.61. The molecule has 0 saturated carbocycles. The van der Waals surface area contributed by atoms with Gasteiger partial charge in [0.05, 0.1) is 0 Å². The van der Waals surface area contributed by atoms with E-state index in [1.54, 1.807) is 12.1 Å². The van der Waals surface area contributed by atoms with Crippen LogP contribution in [0.5, 0.6) is 0 Å². The molecule has 6 heteroatoms. The van der Waals surface area contributed by atoms with Gasteiger partial charge in [0.25, 0.3) is 0 Å². The smallest absolute Gasteiger partial charge is 0.162 e. The van der Waals surface area contributed by atoms with E-state index in [0.29, 0.717) is 12.0 Å². The molecular formula is C19H29Cl2FN2O. The lowest BCUT2D eigenvalue weighted by atomic mass is 10.0. The van der Waals surface area contributed by atoms with Gasteiger partial charge in [0.1, 0.15) is 5.82 Å². The number of fused-ring (bicyclic) bond motifs is 1. The van der Waals surface area contributed by atoms with Crippen molar-refractivity contribution in [2.45, 2.75) is 44.6 Å². The largest absolute Gasteiger partial charge is 0.300 e. The molecule has 2 aliphatic rings. The Bertz CT molecular complexity index is 527. The summed E-state index contributed by atoms with van der Waals surface area (Å²) in [6.07, 6.45) is 6.85. The minimum Gasteiger partial charge on any atom is -0.300 e. The lowest BCUT2D eigenvalue weighted by molar-refractivity contribution is 0.0741. The second-order valence-electron chi connectivity index (χ2n) is 6.87. The molecule has 3 nitrogen and oxygen atoms in total. The standard InChI is InChI=1S/C19H27FN2O.2ClH/c20-17-9-7-16(8-10-17)19(23)6-4-11-21-13-14-22-12-3-1-2-5-18(22)15-21;;/h7-10,18H,1-6,11-15H2;2*1H. The number of hydrogen-bond acceptors (Lipinski definition) is 3. The van der Waals surface area contributed by atoms with Crippen molar-refractivity contribution in [1.29, 1.82) is 0 Å². The van der Waals surface area contributed by atoms with Crippen LogP contribution in [0.1, 0.15) is 48.9 Å². The summed E-state index contributed by atoms with van der Waals surface area (Å²) < 4.78 is 12.9. The van der Waals surface area contributed by atoms with Gasteiger partial charge in [-0.1, -0.05) is 12.8 Å². The van der Waals surface area contributed by atoms with Gasteiger partial charge in [-0.15, -0.1) is 24.8 Å². The molecule has 0 aliphatic carbocycles. The third kappa shape index (κ3) is 6.52. The maximum absolute atomic E-state index is 12.9. The summed E-state index contributed by atoms with van der Waals surface area (Å²) in [6.45, 7) is 5.72. The highest BCUT2D eigenvalue weighted by Gasteiger charge is 2.27. The van der Waals surface area contributed by atoms with Gasteiger partial charge in [0.15, 0.2) is 5.78 Å². The van der Waals surface area contributed by atoms with Crippen LogP contribution in [0.4, 0.5) is 4.39 Å². The summed E-state index contributed by atoms with van der Waals surface area (Å²) >= 11 is 0. The Morgan fingerprint density at radius 1 is 1.04 bits per heavy atom. The Hall–Kier alpha value is -0.680. The molecule has 0 amide bonds. The number of Topliss-reactive ketones (excluding diaryl/α,β-unsaturated/α-hetero) is 1. The molecule has 0 bridgehead atoms. The lowest BCUT2D eigenvalue weighted by Crippen LogP contribution is -2.52. The third-order valence-corrected chi connectivity index (χ3v) is 5.22. The van der Waals surface area contributed by atoms with Crippen molar-refractivity contribution in [3.05, 3.63) is 35.6 Å². The molecular weight excluding hydrogens is 362 g/mol. The molecule has 3 rings (SSSR count). The zero-order valence-corrected chi connectivity index (χ0v) is 16.3. The van der Waals surface area contributed by atoms with Crippen molar-refractivity contribution >= 4 is 30.6 Å². The summed E-state index contributed by atoms with van der Waals surface area (Å²) in [7, 11) is 0. The number of carbonyl (C=O) groups excluding carboxylic acids is 1. The molecule has 0 radical (unpaired) electrons. The predicted molar refractivity (Wildman–Crippen MR) is 105 cm³/mol. The Balaban J connectivity index is 0.00000156. The van der Waals surface area contributed by atoms with Crippen LogP contribution in [0.15, 0.2) is 24.3 Å². The van der Waals surface area contributed by atoms with Crippen molar-refractivity contribution in [3.63, 3.8) is 0 Å². The van der Waals surface area contributed by atoms with E-state index in [1.807, 2.05) is 0 Å². The van der Waals surface area contributed by atoms with Crippen molar-refractivity contribution in [2.75, 3.05) is 32.7 Å². The minimum absolute atomic E-state index is 0. The first-order chi connectivity index (χ1) is 11.2. The number of halogens is 3. The number of nitrogens with zero attached hydrogens (tertiary/aromatic N) is 2. The molecule has 2 saturated heterocycles. The maximum Gasteiger partial charge on any atom is 0.162 e. The second kappa shape index (κ2) is 11.1. The minimum atomic E-state index is -0.289. The average Bonchev–Trinajstić information content (AvgIpc) is 2.80. The molecule has 142 valence electrons. The van der Waals surface area contributed by atoms with E-state index in [9.17, 15) is 9.18 Å². The van der Waals surface area contributed by atoms with Crippen molar-refractivity contribution in [2.24, 2.45) is 0 Å². The van der Waals surface area contributed by atoms with Crippen LogP contribution in [0.25, 0.3) is 0 Å². The number of hydrogen-bond donors (Lipinski definition) is 0. The summed E-state index contributed by atoms with van der Waals surface area (Å²) in [5, 5.41) is 0. The van der Waals surface area contributed by atoms with Crippen LogP contribution in [-0.2, 0) is 0 Å². The van der Waals surface area contributed by atoms with Crippen molar-refractivity contribution in [1.82, 2.24) is 9.80 Å². The molecule has 2 fully saturated rings. The van der Waals surface area contributed by atoms with E-state index in [0.717, 1.165) is 32.1 Å². The first-order valence-corrected chi connectivity index (χ1v) is 8.97. The maximum atomic E-state index is 12.9. The highest BCUT2D eigenvalue weighted by atomic mass is 35.5. The van der Waals surface area contributed by atoms with E-state index in [-0.39, 0.29) is 36.4 Å². The fourth-order valence-electron chi connectivity index (χ4n) is 3.84. The Labute approximate surface area is 162 Å². The van der Waals surface area contributed by atoms with Crippen molar-refractivity contribution < 1.29 is 9.18 Å². The Morgan fingerprint density at radius 2 is 1.80 bits per heavy atom. The Kier molecular flexibility index (Phi) is 9.95. The summed E-state index contributed by atoms with van der Waals surface area (Å²) in [5.41, 5.74) is 0.625. The molecule has 1 aromatic rings. The number of ketones is 1. The van der Waals surface area contributed by atoms with Crippen LogP contribution in [0.3, 0.4) is 0 Å². The van der Waals surface area contributed by atoms with E-state index < -0.39 is 0 Å². The fraction of sp³-hybridized carbons (Fsp3) is 0.632. The topological polar surface area (TPSA) is 23.6 Å². The molecule has 0 spiro atoms. The van der Waals surface area contributed by atoms with Gasteiger partial charge in [0, 0.05) is 37.7 Å². The molecule has 2 heterocycles. The Morgan fingerprint density at radius 3 is 2.56 bits per heavy atom.